The van der Waals surface area contributed by atoms with Gasteiger partial charge in [-0.3, -0.25) is 0 Å². The van der Waals surface area contributed by atoms with Gasteiger partial charge in [0.05, 0.1) is 41.5 Å². The molecule has 1 fully saturated rings. The molecule has 0 radical (unpaired) electrons. The summed E-state index contributed by atoms with van der Waals surface area (Å²) in [4.78, 5) is 4.32. The Morgan fingerprint density at radius 2 is 1.97 bits per heavy atom. The summed E-state index contributed by atoms with van der Waals surface area (Å²) in [5.74, 6) is 0.769. The van der Waals surface area contributed by atoms with E-state index in [-0.39, 0.29) is 23.9 Å². The molecule has 9 nitrogen and oxygen atoms in total. The van der Waals surface area contributed by atoms with Crippen molar-refractivity contribution in [2.24, 2.45) is 0 Å². The van der Waals surface area contributed by atoms with E-state index in [1.807, 2.05) is 6.92 Å². The lowest BCUT2D eigenvalue weighted by atomic mass is 10.00. The van der Waals surface area contributed by atoms with Gasteiger partial charge in [0, 0.05) is 17.8 Å². The van der Waals surface area contributed by atoms with E-state index in [0.29, 0.717) is 28.1 Å². The second-order valence-corrected chi connectivity index (χ2v) is 9.01. The van der Waals surface area contributed by atoms with Gasteiger partial charge in [-0.1, -0.05) is 11.2 Å². The van der Waals surface area contributed by atoms with Gasteiger partial charge in [0.25, 0.3) is 0 Å². The molecule has 158 valence electrons. The minimum absolute atomic E-state index is 0.0797. The number of benzene rings is 1. The molecule has 1 aromatic carbocycles. The smallest absolute Gasteiger partial charge is 0.241 e. The van der Waals surface area contributed by atoms with Crippen molar-refractivity contribution in [1.82, 2.24) is 14.9 Å². The number of nitrogens with one attached hydrogen (secondary N) is 1. The Morgan fingerprint density at radius 1 is 1.17 bits per heavy atom. The highest BCUT2D eigenvalue weighted by Crippen LogP contribution is 2.32. The highest BCUT2D eigenvalue weighted by atomic mass is 32.2. The molecular formula is C20H22N4O5S. The topological polar surface area (TPSA) is 141 Å². The third-order valence-corrected chi connectivity index (χ3v) is 6.49. The number of rotatable bonds is 5. The highest BCUT2D eigenvalue weighted by molar-refractivity contribution is 7.89. The van der Waals surface area contributed by atoms with Gasteiger partial charge in [-0.15, -0.1) is 0 Å². The summed E-state index contributed by atoms with van der Waals surface area (Å²) in [6.45, 7) is 3.91. The summed E-state index contributed by atoms with van der Waals surface area (Å²) < 4.78 is 38.6. The first kappa shape index (κ1) is 20.5. The predicted molar refractivity (Wildman–Crippen MR) is 110 cm³/mol. The van der Waals surface area contributed by atoms with Crippen molar-refractivity contribution in [3.8, 4) is 22.5 Å². The van der Waals surface area contributed by atoms with Crippen molar-refractivity contribution in [3.05, 3.63) is 47.8 Å². The molecule has 3 heterocycles. The average Bonchev–Trinajstić information content (AvgIpc) is 3.30. The van der Waals surface area contributed by atoms with Crippen molar-refractivity contribution in [3.63, 3.8) is 0 Å². The first-order chi connectivity index (χ1) is 14.2. The van der Waals surface area contributed by atoms with Crippen LogP contribution in [0.1, 0.15) is 11.3 Å². The fourth-order valence-electron chi connectivity index (χ4n) is 3.31. The van der Waals surface area contributed by atoms with Crippen LogP contribution >= 0.6 is 0 Å². The van der Waals surface area contributed by atoms with Crippen molar-refractivity contribution >= 4 is 15.8 Å². The fourth-order valence-corrected chi connectivity index (χ4v) is 4.59. The number of nitrogens with zero attached hydrogens (tertiary/aromatic N) is 2. The molecule has 2 atom stereocenters. The van der Waals surface area contributed by atoms with Gasteiger partial charge in [-0.25, -0.2) is 18.1 Å². The number of aromatic nitrogens is 2. The Bertz CT molecular complexity index is 1190. The monoisotopic (exact) mass is 430 g/mol. The largest absolute Gasteiger partial charge is 0.389 e. The van der Waals surface area contributed by atoms with Crippen LogP contribution in [0.25, 0.3) is 22.5 Å². The molecule has 0 saturated carbocycles. The summed E-state index contributed by atoms with van der Waals surface area (Å²) in [6.07, 6.45) is 0.710. The molecule has 1 aliphatic heterocycles. The van der Waals surface area contributed by atoms with E-state index in [1.165, 1.54) is 6.07 Å². The van der Waals surface area contributed by atoms with Crippen molar-refractivity contribution in [1.29, 1.82) is 0 Å². The number of nitrogen functional groups attached to an aromatic ring is 1. The number of anilines is 1. The van der Waals surface area contributed by atoms with Gasteiger partial charge in [-0.05, 0) is 43.2 Å². The molecule has 0 spiro atoms. The maximum atomic E-state index is 12.8. The summed E-state index contributed by atoms with van der Waals surface area (Å²) in [6, 6.07) is 7.68. The van der Waals surface area contributed by atoms with Gasteiger partial charge in [0.15, 0.2) is 5.76 Å². The first-order valence-corrected chi connectivity index (χ1v) is 10.8. The molecule has 0 aliphatic carbocycles. The van der Waals surface area contributed by atoms with Crippen LogP contribution in [-0.2, 0) is 14.8 Å². The summed E-state index contributed by atoms with van der Waals surface area (Å²) in [7, 11) is -3.85. The number of aliphatic hydroxyl groups excluding tert-OH is 1. The van der Waals surface area contributed by atoms with Gasteiger partial charge < -0.3 is 20.1 Å². The third kappa shape index (κ3) is 3.94. The molecule has 2 aromatic heterocycles. The van der Waals surface area contributed by atoms with Crippen LogP contribution < -0.4 is 10.5 Å². The SMILES string of the molecule is Cc1cc(-c2cc(-c3cc(S(=O)(=O)N[C@H]4COC[C@@H]4O)ccc3C)cnc2N)on1. The van der Waals surface area contributed by atoms with Gasteiger partial charge in [0.1, 0.15) is 5.82 Å². The molecule has 0 unspecified atom stereocenters. The minimum atomic E-state index is -3.85. The number of hydrogen-bond donors (Lipinski definition) is 3. The van der Waals surface area contributed by atoms with E-state index < -0.39 is 22.2 Å². The van der Waals surface area contributed by atoms with E-state index in [9.17, 15) is 13.5 Å². The van der Waals surface area contributed by atoms with Crippen LogP contribution in [0.5, 0.6) is 0 Å². The first-order valence-electron chi connectivity index (χ1n) is 9.33. The molecule has 1 saturated heterocycles. The maximum Gasteiger partial charge on any atom is 0.241 e. The molecule has 1 aliphatic rings. The number of sulfonamides is 1. The third-order valence-electron chi connectivity index (χ3n) is 5.00. The lowest BCUT2D eigenvalue weighted by Gasteiger charge is -2.16. The summed E-state index contributed by atoms with van der Waals surface area (Å²) in [5, 5.41) is 13.7. The molecular weight excluding hydrogens is 408 g/mol. The van der Waals surface area contributed by atoms with Crippen LogP contribution in [0.4, 0.5) is 5.82 Å². The number of ether oxygens (including phenoxy) is 1. The van der Waals surface area contributed by atoms with Crippen LogP contribution in [-0.4, -0.2) is 49.0 Å². The molecule has 3 aromatic rings. The number of hydrogen-bond acceptors (Lipinski definition) is 8. The fraction of sp³-hybridized carbons (Fsp3) is 0.300. The highest BCUT2D eigenvalue weighted by Gasteiger charge is 2.31. The quantitative estimate of drug-likeness (QED) is 0.555. The molecule has 30 heavy (non-hydrogen) atoms. The number of aliphatic hydroxyl groups is 1. The van der Waals surface area contributed by atoms with Crippen LogP contribution in [0.3, 0.4) is 0 Å². The second kappa shape index (κ2) is 7.80. The summed E-state index contributed by atoms with van der Waals surface area (Å²) >= 11 is 0. The zero-order valence-corrected chi connectivity index (χ0v) is 17.3. The number of nitrogens with two attached hydrogens (primary N) is 1. The van der Waals surface area contributed by atoms with Gasteiger partial charge in [-0.2, -0.15) is 0 Å². The van der Waals surface area contributed by atoms with E-state index in [4.69, 9.17) is 15.0 Å². The van der Waals surface area contributed by atoms with Crippen LogP contribution in [0.2, 0.25) is 0 Å². The Labute approximate surface area is 173 Å². The van der Waals surface area contributed by atoms with Gasteiger partial charge >= 0.3 is 0 Å². The zero-order chi connectivity index (χ0) is 21.5. The Morgan fingerprint density at radius 3 is 2.63 bits per heavy atom. The van der Waals surface area contributed by atoms with E-state index >= 15 is 0 Å². The van der Waals surface area contributed by atoms with E-state index in [1.54, 1.807) is 37.4 Å². The normalized spacial score (nSPS) is 19.3. The van der Waals surface area contributed by atoms with Crippen molar-refractivity contribution in [2.45, 2.75) is 30.9 Å². The molecule has 10 heteroatoms. The molecule has 0 bridgehead atoms. The Kier molecular flexibility index (Phi) is 5.33. The summed E-state index contributed by atoms with van der Waals surface area (Å²) in [5.41, 5.74) is 9.53. The zero-order valence-electron chi connectivity index (χ0n) is 16.5. The van der Waals surface area contributed by atoms with Crippen LogP contribution in [0, 0.1) is 13.8 Å². The number of pyridine rings is 1. The second-order valence-electron chi connectivity index (χ2n) is 7.30. The molecule has 0 amide bonds. The van der Waals surface area contributed by atoms with Crippen LogP contribution in [0.15, 0.2) is 45.9 Å². The Balaban J connectivity index is 1.72. The average molecular weight is 430 g/mol. The van der Waals surface area contributed by atoms with Crippen molar-refractivity contribution in [2.75, 3.05) is 18.9 Å². The van der Waals surface area contributed by atoms with E-state index in [2.05, 4.69) is 14.9 Å². The molecule has 4 rings (SSSR count). The van der Waals surface area contributed by atoms with Crippen molar-refractivity contribution < 1.29 is 22.8 Å². The minimum Gasteiger partial charge on any atom is -0.389 e. The Hall–Kier alpha value is -2.79. The lowest BCUT2D eigenvalue weighted by Crippen LogP contribution is -2.42. The van der Waals surface area contributed by atoms with E-state index in [0.717, 1.165) is 5.56 Å². The van der Waals surface area contributed by atoms with Gasteiger partial charge in [0.2, 0.25) is 10.0 Å². The maximum absolute atomic E-state index is 12.8. The molecule has 4 N–H and O–H groups in total. The lowest BCUT2D eigenvalue weighted by molar-refractivity contribution is 0.124. The predicted octanol–water partition coefficient (Wildman–Crippen LogP) is 1.64. The number of aryl methyl sites for hydroxylation is 2. The standard InChI is InChI=1S/C20H22N4O5S/c1-11-3-4-14(30(26,27)24-17-9-28-10-18(17)25)7-15(11)13-6-16(20(21)22-8-13)19-5-12(2)23-29-19/h3-8,17-18,24-25H,9-10H2,1-2H3,(H2,21,22)/t17-,18-/m0/s1.